The number of aliphatic carboxylic acids is 1. The van der Waals surface area contributed by atoms with Gasteiger partial charge in [0.15, 0.2) is 0 Å². The largest absolute Gasteiger partial charge is 0.480 e. The molecule has 2 aliphatic carbocycles. The van der Waals surface area contributed by atoms with Crippen molar-refractivity contribution in [3.8, 4) is 0 Å². The topological polar surface area (TPSA) is 165 Å². The Bertz CT molecular complexity index is 1110. The van der Waals surface area contributed by atoms with Gasteiger partial charge in [-0.05, 0) is 70.6 Å². The molecule has 12 heteroatoms. The first-order valence-electron chi connectivity index (χ1n) is 16.6. The normalized spacial score (nSPS) is 25.7. The number of carboxylic acid groups (broad SMARTS) is 1. The fraction of sp³-hybridized carbons (Fsp3) is 0.812. The minimum absolute atomic E-state index is 0.0457. The van der Waals surface area contributed by atoms with E-state index in [0.717, 1.165) is 56.3 Å². The number of likely N-dealkylation sites (tertiary alicyclic amines) is 2. The predicted octanol–water partition coefficient (Wildman–Crippen LogP) is 2.59. The Hall–Kier alpha value is -3.18. The molecule has 0 aromatic carbocycles. The van der Waals surface area contributed by atoms with Gasteiger partial charge in [0.1, 0.15) is 18.1 Å². The lowest BCUT2D eigenvalue weighted by Gasteiger charge is -2.39. The second kappa shape index (κ2) is 14.3. The number of amides is 5. The van der Waals surface area contributed by atoms with Crippen LogP contribution in [0.1, 0.15) is 105 Å². The number of Topliss-reactive ketones (excluding diaryl/α,β-unsaturated/α-hetero) is 1. The molecule has 0 aromatic rings. The van der Waals surface area contributed by atoms with Crippen molar-refractivity contribution in [2.75, 3.05) is 13.1 Å². The maximum absolute atomic E-state index is 14.2. The first-order chi connectivity index (χ1) is 20.8. The van der Waals surface area contributed by atoms with E-state index in [9.17, 15) is 33.9 Å². The SMILES string of the molecule is CC[C@H]1CCN(C(=O)[C@@H](NC(=O)NC(C)(C)C)C2CCCCC2)C1C(=O)NC(CC1CCC1)C(=O)C(=O)N1CCC1C(=O)O. The van der Waals surface area contributed by atoms with Crippen LogP contribution in [-0.2, 0) is 24.0 Å². The molecule has 5 amide bonds. The zero-order chi connectivity index (χ0) is 32.2. The van der Waals surface area contributed by atoms with E-state index in [-0.39, 0.29) is 36.6 Å². The molecule has 4 rings (SSSR count). The van der Waals surface area contributed by atoms with Gasteiger partial charge in [-0.2, -0.15) is 0 Å². The molecule has 5 atom stereocenters. The monoisotopic (exact) mass is 617 g/mol. The Morgan fingerprint density at radius 2 is 1.50 bits per heavy atom. The van der Waals surface area contributed by atoms with E-state index >= 15 is 0 Å². The molecular formula is C32H51N5O7. The van der Waals surface area contributed by atoms with Crippen molar-refractivity contribution in [1.82, 2.24) is 25.8 Å². The fourth-order valence-electron chi connectivity index (χ4n) is 7.16. The van der Waals surface area contributed by atoms with Gasteiger partial charge in [-0.1, -0.05) is 51.9 Å². The van der Waals surface area contributed by atoms with Crippen molar-refractivity contribution in [3.63, 3.8) is 0 Å². The summed E-state index contributed by atoms with van der Waals surface area (Å²) in [5, 5.41) is 18.1. The zero-order valence-corrected chi connectivity index (χ0v) is 26.7. The van der Waals surface area contributed by atoms with Crippen LogP contribution in [0.15, 0.2) is 0 Å². The van der Waals surface area contributed by atoms with E-state index in [4.69, 9.17) is 0 Å². The highest BCUT2D eigenvalue weighted by Gasteiger charge is 2.47. The first-order valence-corrected chi connectivity index (χ1v) is 16.6. The Balaban J connectivity index is 1.53. The predicted molar refractivity (Wildman–Crippen MR) is 162 cm³/mol. The van der Waals surface area contributed by atoms with Crippen LogP contribution in [0.2, 0.25) is 0 Å². The van der Waals surface area contributed by atoms with Crippen LogP contribution >= 0.6 is 0 Å². The van der Waals surface area contributed by atoms with E-state index in [1.165, 1.54) is 0 Å². The molecule has 2 heterocycles. The summed E-state index contributed by atoms with van der Waals surface area (Å²) in [4.78, 5) is 81.9. The highest BCUT2D eigenvalue weighted by atomic mass is 16.4. The summed E-state index contributed by atoms with van der Waals surface area (Å²) in [5.41, 5.74) is -0.492. The highest BCUT2D eigenvalue weighted by molar-refractivity contribution is 6.39. The van der Waals surface area contributed by atoms with Gasteiger partial charge < -0.3 is 30.9 Å². The number of hydrogen-bond acceptors (Lipinski definition) is 6. The van der Waals surface area contributed by atoms with Crippen molar-refractivity contribution in [2.24, 2.45) is 17.8 Å². The molecule has 12 nitrogen and oxygen atoms in total. The highest BCUT2D eigenvalue weighted by Crippen LogP contribution is 2.34. The lowest BCUT2D eigenvalue weighted by molar-refractivity contribution is -0.161. The van der Waals surface area contributed by atoms with Gasteiger partial charge >= 0.3 is 12.0 Å². The van der Waals surface area contributed by atoms with Gasteiger partial charge in [-0.25, -0.2) is 9.59 Å². The van der Waals surface area contributed by atoms with Crippen molar-refractivity contribution >= 4 is 35.5 Å². The third kappa shape index (κ3) is 7.90. The van der Waals surface area contributed by atoms with Crippen LogP contribution in [0.3, 0.4) is 0 Å². The molecule has 0 aromatic heterocycles. The van der Waals surface area contributed by atoms with E-state index in [2.05, 4.69) is 16.0 Å². The lowest BCUT2D eigenvalue weighted by atomic mass is 9.79. The minimum Gasteiger partial charge on any atom is -0.480 e. The van der Waals surface area contributed by atoms with Crippen LogP contribution < -0.4 is 16.0 Å². The average Bonchev–Trinajstić information content (AvgIpc) is 3.35. The summed E-state index contributed by atoms with van der Waals surface area (Å²) in [6, 6.07) is -4.16. The molecule has 4 N–H and O–H groups in total. The van der Waals surface area contributed by atoms with Crippen molar-refractivity contribution < 1.29 is 33.9 Å². The molecule has 3 unspecified atom stereocenters. The molecule has 0 spiro atoms. The van der Waals surface area contributed by atoms with Gasteiger partial charge in [-0.15, -0.1) is 0 Å². The molecule has 0 radical (unpaired) electrons. The molecule has 4 aliphatic rings. The van der Waals surface area contributed by atoms with Gasteiger partial charge in [0.2, 0.25) is 17.6 Å². The molecule has 246 valence electrons. The number of nitrogens with one attached hydrogen (secondary N) is 3. The Morgan fingerprint density at radius 1 is 0.841 bits per heavy atom. The summed E-state index contributed by atoms with van der Waals surface area (Å²) < 4.78 is 0. The van der Waals surface area contributed by atoms with E-state index < -0.39 is 59.3 Å². The van der Waals surface area contributed by atoms with Gasteiger partial charge in [0.05, 0.1) is 6.04 Å². The second-order valence-electron chi connectivity index (χ2n) is 14.3. The summed E-state index contributed by atoms with van der Waals surface area (Å²) in [6.07, 6.45) is 9.28. The summed E-state index contributed by atoms with van der Waals surface area (Å²) in [5.74, 6) is -3.61. The number of nitrogens with zero attached hydrogens (tertiary/aromatic N) is 2. The molecule has 2 saturated carbocycles. The van der Waals surface area contributed by atoms with Gasteiger partial charge in [0.25, 0.3) is 5.91 Å². The van der Waals surface area contributed by atoms with Crippen molar-refractivity contribution in [3.05, 3.63) is 0 Å². The second-order valence-corrected chi connectivity index (χ2v) is 14.3. The summed E-state index contributed by atoms with van der Waals surface area (Å²) >= 11 is 0. The number of hydrogen-bond donors (Lipinski definition) is 4. The summed E-state index contributed by atoms with van der Waals surface area (Å²) in [7, 11) is 0. The smallest absolute Gasteiger partial charge is 0.326 e. The molecule has 0 bridgehead atoms. The van der Waals surface area contributed by atoms with Crippen LogP contribution in [0.5, 0.6) is 0 Å². The van der Waals surface area contributed by atoms with Crippen LogP contribution in [-0.4, -0.2) is 93.2 Å². The fourth-order valence-corrected chi connectivity index (χ4v) is 7.16. The van der Waals surface area contributed by atoms with Crippen molar-refractivity contribution in [1.29, 1.82) is 0 Å². The Kier molecular flexibility index (Phi) is 10.9. The molecule has 2 aliphatic heterocycles. The summed E-state index contributed by atoms with van der Waals surface area (Å²) in [6.45, 7) is 8.11. The standard InChI is InChI=1S/C32H51N5O7/c1-5-20-14-16-37(28(40)24(21-12-7-6-8-13-21)34-31(44)35-32(2,3)4)25(20)27(39)33-22(18-19-10-9-11-19)26(38)29(41)36-17-15-23(36)30(42)43/h19-25H,5-18H2,1-4H3,(H,33,39)(H,42,43)(H2,34,35,44)/t20-,22?,23?,24-,25?/m0/s1. The lowest BCUT2D eigenvalue weighted by Crippen LogP contribution is -2.62. The number of carboxylic acids is 1. The maximum Gasteiger partial charge on any atom is 0.326 e. The molecule has 2 saturated heterocycles. The quantitative estimate of drug-likeness (QED) is 0.259. The number of rotatable bonds is 11. The van der Waals surface area contributed by atoms with Crippen molar-refractivity contribution in [2.45, 2.75) is 134 Å². The maximum atomic E-state index is 14.2. The average molecular weight is 618 g/mol. The number of urea groups is 1. The van der Waals surface area contributed by atoms with E-state index in [1.807, 2.05) is 27.7 Å². The number of carbonyl (C=O) groups excluding carboxylic acids is 5. The first kappa shape index (κ1) is 33.7. The number of ketones is 1. The third-order valence-corrected chi connectivity index (χ3v) is 9.96. The van der Waals surface area contributed by atoms with Gasteiger partial charge in [0, 0.05) is 18.6 Å². The molecular weight excluding hydrogens is 566 g/mol. The zero-order valence-electron chi connectivity index (χ0n) is 26.7. The number of carbonyl (C=O) groups is 6. The van der Waals surface area contributed by atoms with Gasteiger partial charge in [-0.3, -0.25) is 19.2 Å². The Morgan fingerprint density at radius 3 is 2.02 bits per heavy atom. The Labute approximate surface area is 260 Å². The van der Waals surface area contributed by atoms with Crippen LogP contribution in [0.25, 0.3) is 0 Å². The minimum atomic E-state index is -1.15. The van der Waals surface area contributed by atoms with Crippen LogP contribution in [0.4, 0.5) is 4.79 Å². The van der Waals surface area contributed by atoms with Crippen LogP contribution in [0, 0.1) is 17.8 Å². The van der Waals surface area contributed by atoms with E-state index in [1.54, 1.807) is 4.90 Å². The third-order valence-electron chi connectivity index (χ3n) is 9.96. The molecule has 4 fully saturated rings. The molecule has 44 heavy (non-hydrogen) atoms. The van der Waals surface area contributed by atoms with E-state index in [0.29, 0.717) is 25.8 Å².